The third-order valence-electron chi connectivity index (χ3n) is 12.4. The monoisotopic (exact) mass is 1000 g/mol. The van der Waals surface area contributed by atoms with Gasteiger partial charge in [0.2, 0.25) is 5.91 Å². The molecule has 6 N–H and O–H groups in total. The molecule has 21 nitrogen and oxygen atoms in total. The first kappa shape index (κ1) is 54.7. The fourth-order valence-electron chi connectivity index (χ4n) is 7.76. The highest BCUT2D eigenvalue weighted by Crippen LogP contribution is 2.32. The van der Waals surface area contributed by atoms with Crippen LogP contribution < -0.4 is 25.4 Å². The van der Waals surface area contributed by atoms with Crippen LogP contribution in [0.15, 0.2) is 73.3 Å². The van der Waals surface area contributed by atoms with Gasteiger partial charge in [-0.1, -0.05) is 12.1 Å². The van der Waals surface area contributed by atoms with Crippen LogP contribution >= 0.6 is 0 Å². The molecule has 6 heterocycles. The zero-order chi connectivity index (χ0) is 53.2. The third-order valence-corrected chi connectivity index (χ3v) is 12.4. The number of benzene rings is 2. The van der Waals surface area contributed by atoms with E-state index in [9.17, 15) is 24.3 Å². The van der Waals surface area contributed by atoms with Gasteiger partial charge in [0.05, 0.1) is 49.4 Å². The van der Waals surface area contributed by atoms with Crippen LogP contribution in [0.4, 0.5) is 11.6 Å². The molecule has 0 atom stereocenters. The first-order chi connectivity index (χ1) is 34.7. The number of aliphatic carboxylic acids is 1. The Labute approximate surface area is 424 Å². The number of aromatic nitrogens is 8. The van der Waals surface area contributed by atoms with Gasteiger partial charge in [-0.2, -0.15) is 0 Å². The highest BCUT2D eigenvalue weighted by Gasteiger charge is 2.34. The maximum Gasteiger partial charge on any atom is 0.311 e. The number of aliphatic hydroxyl groups excluding tert-OH is 2. The minimum absolute atomic E-state index is 0.118. The Hall–Kier alpha value is -7.62. The first-order valence-corrected chi connectivity index (χ1v) is 23.9. The van der Waals surface area contributed by atoms with Crippen molar-refractivity contribution in [2.75, 3.05) is 51.2 Å². The van der Waals surface area contributed by atoms with E-state index in [0.29, 0.717) is 76.8 Å². The molecule has 2 aliphatic rings. The Kier molecular flexibility index (Phi) is 17.8. The summed E-state index contributed by atoms with van der Waals surface area (Å²) in [4.78, 5) is 60.1. The normalized spacial score (nSPS) is 13.2. The second-order valence-corrected chi connectivity index (χ2v) is 19.5. The van der Waals surface area contributed by atoms with Crippen molar-refractivity contribution >= 4 is 35.3 Å². The van der Waals surface area contributed by atoms with Gasteiger partial charge in [-0.3, -0.25) is 19.2 Å². The summed E-state index contributed by atoms with van der Waals surface area (Å²) in [6.45, 7) is 16.6. The number of carbonyl (C=O) groups excluding carboxylic acids is 3. The third kappa shape index (κ3) is 13.1. The maximum atomic E-state index is 13.3. The van der Waals surface area contributed by atoms with Gasteiger partial charge >= 0.3 is 5.97 Å². The highest BCUT2D eigenvalue weighted by atomic mass is 16.5. The van der Waals surface area contributed by atoms with Gasteiger partial charge in [0.15, 0.2) is 11.6 Å². The number of carbonyl (C=O) groups is 4. The van der Waals surface area contributed by atoms with Crippen LogP contribution in [0.5, 0.6) is 11.5 Å². The van der Waals surface area contributed by atoms with E-state index in [-0.39, 0.29) is 43.0 Å². The summed E-state index contributed by atoms with van der Waals surface area (Å²) in [6.07, 6.45) is 4.90. The number of aliphatic hydroxyl groups is 2. The number of carboxylic acid groups (broad SMARTS) is 1. The van der Waals surface area contributed by atoms with Gasteiger partial charge in [0.1, 0.15) is 47.2 Å². The van der Waals surface area contributed by atoms with Crippen LogP contribution in [0.3, 0.4) is 0 Å². The van der Waals surface area contributed by atoms with Crippen molar-refractivity contribution in [3.8, 4) is 34.5 Å². The summed E-state index contributed by atoms with van der Waals surface area (Å²) >= 11 is 0. The van der Waals surface area contributed by atoms with Crippen LogP contribution in [0, 0.1) is 10.8 Å². The predicted molar refractivity (Wildman–Crippen MR) is 273 cm³/mol. The predicted octanol–water partition coefficient (Wildman–Crippen LogP) is 6.00. The van der Waals surface area contributed by atoms with E-state index in [0.717, 1.165) is 36.2 Å². The van der Waals surface area contributed by atoms with E-state index < -0.39 is 16.8 Å². The van der Waals surface area contributed by atoms with Gasteiger partial charge in [0.25, 0.3) is 11.8 Å². The average molecular weight is 1000 g/mol. The fraction of sp³-hybridized carbons (Fsp3) is 0.423. The Morgan fingerprint density at radius 3 is 1.60 bits per heavy atom. The van der Waals surface area contributed by atoms with Gasteiger partial charge in [-0.25, -0.2) is 9.97 Å². The minimum atomic E-state index is -0.986. The molecule has 2 aromatic carbocycles. The molecule has 388 valence electrons. The Bertz CT molecular complexity index is 2930. The zero-order valence-corrected chi connectivity index (χ0v) is 43.1. The number of hydrogen-bond donors (Lipinski definition) is 6. The molecular formula is C52H66N12O9. The number of nitrogens with one attached hydrogen (secondary N) is 3. The van der Waals surface area contributed by atoms with Crippen LogP contribution in [-0.2, 0) is 35.5 Å². The van der Waals surface area contributed by atoms with Crippen LogP contribution in [0.1, 0.15) is 110 Å². The Balaban J connectivity index is 0.000000210. The largest absolute Gasteiger partial charge is 0.496 e. The molecule has 0 radical (unpaired) electrons. The molecule has 0 spiro atoms. The topological polar surface area (TPSA) is 274 Å². The molecule has 0 aliphatic carbocycles. The lowest BCUT2D eigenvalue weighted by Crippen LogP contribution is -2.45. The number of ether oxygens (including phenoxy) is 2. The summed E-state index contributed by atoms with van der Waals surface area (Å²) in [5.74, 6) is 1.40. The molecule has 0 unspecified atom stereocenters. The lowest BCUT2D eigenvalue weighted by Gasteiger charge is -2.34. The van der Waals surface area contributed by atoms with Crippen molar-refractivity contribution in [2.45, 2.75) is 93.4 Å². The molecule has 4 aromatic heterocycles. The lowest BCUT2D eigenvalue weighted by molar-refractivity contribution is -0.149. The minimum Gasteiger partial charge on any atom is -0.496 e. The number of anilines is 2. The number of fused-ring (bicyclic) bond motifs is 2. The molecule has 0 fully saturated rings. The number of hydrogen-bond acceptors (Lipinski definition) is 15. The average Bonchev–Trinajstić information content (AvgIpc) is 4.10. The number of methoxy groups -OCH3 is 2. The standard InChI is InChI=1S/C26H32N6O4.C21H24N6O2.C5H10O3/c1-16(2)32-15-27-30-23(32)20-7-6-8-22(28-20)29-24(34)19-11-18-13-31(25(35)26(3,4)14-33)10-9-17(18)12-21(19)36-5;1-13(2)27-12-23-26-20(27)17-5-4-6-19(24-17)25-21(28)16-9-15-11-22-8-7-14(15)10-18(16)29-3;1-5(2,3-6)4(7)8/h6-8,11-12,15-16,33H,9-10,13-14H2,1-5H3,(H,28,29,34);4-6,9-10,12-13,22H,7-8,11H2,1-3H3,(H,24,25,28);6H,3H2,1-2H3,(H,7,8). The molecule has 2 aliphatic heterocycles. The SMILES string of the molecule is CC(C)(CO)C(=O)O.COc1cc2c(cc1C(=O)Nc1cccc(-c3nncn3C(C)C)n1)CN(C(=O)C(C)(C)CO)CC2.COc1cc2c(cc1C(=O)Nc1cccc(-c3nncn3C(C)C)n1)CNCC2. The second kappa shape index (κ2) is 23.7. The van der Waals surface area contributed by atoms with Gasteiger partial charge < -0.3 is 54.8 Å². The summed E-state index contributed by atoms with van der Waals surface area (Å²) in [7, 11) is 3.11. The van der Waals surface area contributed by atoms with Crippen LogP contribution in [0.2, 0.25) is 0 Å². The van der Waals surface area contributed by atoms with E-state index >= 15 is 0 Å². The van der Waals surface area contributed by atoms with E-state index in [4.69, 9.17) is 19.7 Å². The van der Waals surface area contributed by atoms with Gasteiger partial charge in [0, 0.05) is 31.7 Å². The van der Waals surface area contributed by atoms with Crippen LogP contribution in [-0.4, -0.2) is 124 Å². The van der Waals surface area contributed by atoms with Gasteiger partial charge in [-0.05, 0) is 146 Å². The number of carboxylic acids is 1. The van der Waals surface area contributed by atoms with E-state index in [1.165, 1.54) is 26.5 Å². The number of pyridine rings is 2. The van der Waals surface area contributed by atoms with Crippen molar-refractivity contribution < 1.29 is 44.0 Å². The molecule has 6 aromatic rings. The number of amides is 3. The van der Waals surface area contributed by atoms with Crippen molar-refractivity contribution in [2.24, 2.45) is 10.8 Å². The summed E-state index contributed by atoms with van der Waals surface area (Å²) in [6, 6.07) is 18.6. The first-order valence-electron chi connectivity index (χ1n) is 23.9. The Morgan fingerprint density at radius 1 is 0.685 bits per heavy atom. The summed E-state index contributed by atoms with van der Waals surface area (Å²) in [5.41, 5.74) is 4.48. The molecule has 21 heteroatoms. The number of rotatable bonds is 14. The molecular weight excluding hydrogens is 937 g/mol. The molecule has 0 saturated carbocycles. The molecule has 0 saturated heterocycles. The lowest BCUT2D eigenvalue weighted by atomic mass is 9.90. The molecule has 3 amide bonds. The Morgan fingerprint density at radius 2 is 1.16 bits per heavy atom. The summed E-state index contributed by atoms with van der Waals surface area (Å²) < 4.78 is 14.8. The van der Waals surface area contributed by atoms with E-state index in [1.54, 1.807) is 62.8 Å². The van der Waals surface area contributed by atoms with E-state index in [2.05, 4.69) is 60.2 Å². The molecule has 0 bridgehead atoms. The number of nitrogens with zero attached hydrogens (tertiary/aromatic N) is 9. The van der Waals surface area contributed by atoms with Crippen molar-refractivity contribution in [1.82, 2.24) is 49.7 Å². The van der Waals surface area contributed by atoms with E-state index in [1.807, 2.05) is 59.4 Å². The van der Waals surface area contributed by atoms with Gasteiger partial charge in [-0.15, -0.1) is 20.4 Å². The zero-order valence-electron chi connectivity index (χ0n) is 43.1. The second-order valence-electron chi connectivity index (χ2n) is 19.5. The van der Waals surface area contributed by atoms with Crippen molar-refractivity contribution in [3.63, 3.8) is 0 Å². The molecule has 73 heavy (non-hydrogen) atoms. The quantitative estimate of drug-likeness (QED) is 0.0730. The smallest absolute Gasteiger partial charge is 0.311 e. The van der Waals surface area contributed by atoms with Crippen molar-refractivity contribution in [1.29, 1.82) is 0 Å². The van der Waals surface area contributed by atoms with Crippen LogP contribution in [0.25, 0.3) is 23.0 Å². The summed E-state index contributed by atoms with van der Waals surface area (Å²) in [5, 5.41) is 51.7. The highest BCUT2D eigenvalue weighted by molar-refractivity contribution is 6.07. The fourth-order valence-corrected chi connectivity index (χ4v) is 7.76. The maximum absolute atomic E-state index is 13.3. The van der Waals surface area contributed by atoms with Crippen molar-refractivity contribution in [3.05, 3.63) is 107 Å². The molecule has 8 rings (SSSR count).